The Balaban J connectivity index is 1.67. The van der Waals surface area contributed by atoms with E-state index in [1.54, 1.807) is 0 Å². The number of nitrogens with zero attached hydrogens (tertiary/aromatic N) is 1. The van der Waals surface area contributed by atoms with E-state index in [0.29, 0.717) is 17.8 Å². The predicted octanol–water partition coefficient (Wildman–Crippen LogP) is 3.95. The summed E-state index contributed by atoms with van der Waals surface area (Å²) >= 11 is 0. The van der Waals surface area contributed by atoms with E-state index in [0.717, 1.165) is 51.4 Å². The van der Waals surface area contributed by atoms with Gasteiger partial charge in [-0.05, 0) is 74.5 Å². The quantitative estimate of drug-likeness (QED) is 0.716. The van der Waals surface area contributed by atoms with Gasteiger partial charge in [0, 0.05) is 5.41 Å². The molecule has 0 amide bonds. The zero-order valence-corrected chi connectivity index (χ0v) is 15.1. The van der Waals surface area contributed by atoms with E-state index < -0.39 is 5.60 Å². The second-order valence-corrected chi connectivity index (χ2v) is 9.52. The van der Waals surface area contributed by atoms with Gasteiger partial charge in [-0.2, -0.15) is 5.26 Å². The molecule has 0 aromatic carbocycles. The van der Waals surface area contributed by atoms with Crippen molar-refractivity contribution in [1.29, 1.82) is 5.26 Å². The first-order chi connectivity index (χ1) is 11.3. The van der Waals surface area contributed by atoms with Crippen molar-refractivity contribution in [2.75, 3.05) is 0 Å². The third-order valence-corrected chi connectivity index (χ3v) is 8.77. The lowest BCUT2D eigenvalue weighted by atomic mass is 9.47. The fourth-order valence-electron chi connectivity index (χ4n) is 7.17. The summed E-state index contributed by atoms with van der Waals surface area (Å²) < 4.78 is 0. The molecule has 24 heavy (non-hydrogen) atoms. The third kappa shape index (κ3) is 2.02. The molecule has 4 aliphatic carbocycles. The molecule has 4 aliphatic rings. The van der Waals surface area contributed by atoms with Crippen LogP contribution in [-0.2, 0) is 0 Å². The van der Waals surface area contributed by atoms with E-state index >= 15 is 0 Å². The minimum Gasteiger partial charge on any atom is -0.393 e. The van der Waals surface area contributed by atoms with Crippen LogP contribution in [-0.4, -0.2) is 21.9 Å². The SMILES string of the molecule is C[C@]12CC[C@H](O)CC1=CC[C@@H]1[C@@H]2CC[C@@]2(C)[C@H]1CC[C@]2(O)CC#N. The van der Waals surface area contributed by atoms with Gasteiger partial charge in [0.05, 0.1) is 24.2 Å². The molecule has 3 saturated carbocycles. The molecule has 0 radical (unpaired) electrons. The molecule has 0 unspecified atom stereocenters. The minimum absolute atomic E-state index is 0.0974. The van der Waals surface area contributed by atoms with E-state index in [4.69, 9.17) is 0 Å². The molecule has 0 aromatic rings. The van der Waals surface area contributed by atoms with Crippen LogP contribution in [0.4, 0.5) is 0 Å². The average Bonchev–Trinajstić information content (AvgIpc) is 2.80. The van der Waals surface area contributed by atoms with Crippen molar-refractivity contribution in [2.45, 2.75) is 83.3 Å². The topological polar surface area (TPSA) is 64.2 Å². The molecule has 0 spiro atoms. The van der Waals surface area contributed by atoms with Crippen molar-refractivity contribution in [3.05, 3.63) is 11.6 Å². The molecule has 2 N–H and O–H groups in total. The lowest BCUT2D eigenvalue weighted by Gasteiger charge is -2.58. The molecular weight excluding hydrogens is 298 g/mol. The number of nitriles is 1. The Morgan fingerprint density at radius 2 is 1.92 bits per heavy atom. The van der Waals surface area contributed by atoms with Gasteiger partial charge in [0.2, 0.25) is 0 Å². The average molecular weight is 329 g/mol. The van der Waals surface area contributed by atoms with Gasteiger partial charge in [0.25, 0.3) is 0 Å². The van der Waals surface area contributed by atoms with Crippen LogP contribution in [0.5, 0.6) is 0 Å². The van der Waals surface area contributed by atoms with Gasteiger partial charge < -0.3 is 10.2 Å². The highest BCUT2D eigenvalue weighted by Gasteiger charge is 2.63. The van der Waals surface area contributed by atoms with Gasteiger partial charge in [-0.15, -0.1) is 0 Å². The molecule has 0 saturated heterocycles. The van der Waals surface area contributed by atoms with Gasteiger partial charge in [-0.25, -0.2) is 0 Å². The van der Waals surface area contributed by atoms with E-state index in [9.17, 15) is 15.5 Å². The first-order valence-electron chi connectivity index (χ1n) is 9.81. The van der Waals surface area contributed by atoms with Gasteiger partial charge in [-0.3, -0.25) is 0 Å². The van der Waals surface area contributed by atoms with Crippen LogP contribution in [0.1, 0.15) is 71.6 Å². The molecule has 0 bridgehead atoms. The van der Waals surface area contributed by atoms with Gasteiger partial charge >= 0.3 is 0 Å². The van der Waals surface area contributed by atoms with Gasteiger partial charge in [0.15, 0.2) is 0 Å². The maximum Gasteiger partial charge on any atom is 0.0833 e. The van der Waals surface area contributed by atoms with Crippen LogP contribution in [0.3, 0.4) is 0 Å². The number of rotatable bonds is 1. The Hall–Kier alpha value is -0.850. The maximum atomic E-state index is 11.2. The zero-order valence-electron chi connectivity index (χ0n) is 15.1. The fraction of sp³-hybridized carbons (Fsp3) is 0.857. The van der Waals surface area contributed by atoms with Crippen LogP contribution < -0.4 is 0 Å². The van der Waals surface area contributed by atoms with Crippen LogP contribution >= 0.6 is 0 Å². The number of aliphatic hydroxyl groups excluding tert-OH is 1. The minimum atomic E-state index is -0.787. The molecule has 0 aromatic heterocycles. The summed E-state index contributed by atoms with van der Waals surface area (Å²) in [4.78, 5) is 0. The van der Waals surface area contributed by atoms with Crippen molar-refractivity contribution in [3.63, 3.8) is 0 Å². The monoisotopic (exact) mass is 329 g/mol. The second kappa shape index (κ2) is 5.32. The lowest BCUT2D eigenvalue weighted by Crippen LogP contribution is -2.54. The molecule has 3 heteroatoms. The summed E-state index contributed by atoms with van der Waals surface area (Å²) in [5, 5.41) is 30.5. The third-order valence-electron chi connectivity index (χ3n) is 8.77. The van der Waals surface area contributed by atoms with E-state index in [2.05, 4.69) is 26.0 Å². The number of aliphatic hydroxyl groups is 2. The zero-order chi connectivity index (χ0) is 17.2. The second-order valence-electron chi connectivity index (χ2n) is 9.52. The molecule has 7 atom stereocenters. The largest absolute Gasteiger partial charge is 0.393 e. The Labute approximate surface area is 145 Å². The Morgan fingerprint density at radius 1 is 1.17 bits per heavy atom. The van der Waals surface area contributed by atoms with Crippen LogP contribution in [0.25, 0.3) is 0 Å². The van der Waals surface area contributed by atoms with Crippen molar-refractivity contribution in [1.82, 2.24) is 0 Å². The van der Waals surface area contributed by atoms with E-state index in [1.165, 1.54) is 5.57 Å². The number of fused-ring (bicyclic) bond motifs is 5. The summed E-state index contributed by atoms with van der Waals surface area (Å²) in [6.45, 7) is 4.69. The summed E-state index contributed by atoms with van der Waals surface area (Å²) in [6.07, 6.45) is 10.6. The van der Waals surface area contributed by atoms with Gasteiger partial charge in [-0.1, -0.05) is 25.5 Å². The highest BCUT2D eigenvalue weighted by molar-refractivity contribution is 5.26. The maximum absolute atomic E-state index is 11.2. The highest BCUT2D eigenvalue weighted by atomic mass is 16.3. The Kier molecular flexibility index (Phi) is 3.68. The first-order valence-corrected chi connectivity index (χ1v) is 9.81. The predicted molar refractivity (Wildman–Crippen MR) is 92.9 cm³/mol. The van der Waals surface area contributed by atoms with Gasteiger partial charge in [0.1, 0.15) is 0 Å². The van der Waals surface area contributed by atoms with Crippen molar-refractivity contribution >= 4 is 0 Å². The summed E-state index contributed by atoms with van der Waals surface area (Å²) in [5.41, 5.74) is 0.862. The highest BCUT2D eigenvalue weighted by Crippen LogP contribution is 2.67. The van der Waals surface area contributed by atoms with Crippen molar-refractivity contribution in [2.24, 2.45) is 28.6 Å². The van der Waals surface area contributed by atoms with Crippen molar-refractivity contribution in [3.8, 4) is 6.07 Å². The molecular formula is C21H31NO2. The smallest absolute Gasteiger partial charge is 0.0833 e. The number of hydrogen-bond acceptors (Lipinski definition) is 3. The molecule has 0 heterocycles. The van der Waals surface area contributed by atoms with E-state index in [1.807, 2.05) is 0 Å². The Bertz CT molecular complexity index is 607. The molecule has 4 rings (SSSR count). The lowest BCUT2D eigenvalue weighted by molar-refractivity contribution is -0.122. The normalized spacial score (nSPS) is 53.4. The van der Waals surface area contributed by atoms with E-state index in [-0.39, 0.29) is 23.4 Å². The first kappa shape index (κ1) is 16.6. The fourth-order valence-corrected chi connectivity index (χ4v) is 7.17. The van der Waals surface area contributed by atoms with Crippen molar-refractivity contribution < 1.29 is 10.2 Å². The molecule has 3 nitrogen and oxygen atoms in total. The summed E-state index contributed by atoms with van der Waals surface area (Å²) in [6, 6.07) is 2.25. The summed E-state index contributed by atoms with van der Waals surface area (Å²) in [7, 11) is 0. The Morgan fingerprint density at radius 3 is 2.67 bits per heavy atom. The molecule has 0 aliphatic heterocycles. The standard InChI is InChI=1S/C21H31NO2/c1-19-8-5-15(23)13-14(19)3-4-16-17(19)6-9-20(2)18(16)7-10-21(20,24)11-12-22/h3,15-18,23-24H,4-11,13H2,1-2H3/t15-,16+,17-,18-,19-,20-,21-/m0/s1. The van der Waals surface area contributed by atoms with Crippen LogP contribution in [0, 0.1) is 39.9 Å². The van der Waals surface area contributed by atoms with Crippen LogP contribution in [0.15, 0.2) is 11.6 Å². The summed E-state index contributed by atoms with van der Waals surface area (Å²) in [5.74, 6) is 1.86. The molecule has 3 fully saturated rings. The number of allylic oxidation sites excluding steroid dienone is 1. The van der Waals surface area contributed by atoms with Crippen LogP contribution in [0.2, 0.25) is 0 Å². The molecule has 132 valence electrons. The number of hydrogen-bond donors (Lipinski definition) is 2.